The van der Waals surface area contributed by atoms with E-state index in [1.807, 2.05) is 0 Å². The molecule has 0 aliphatic carbocycles. The highest BCUT2D eigenvalue weighted by molar-refractivity contribution is 9.18. The van der Waals surface area contributed by atoms with Gasteiger partial charge >= 0.3 is 0 Å². The number of halogens is 1. The molecule has 0 unspecified atom stereocenters. The predicted molar refractivity (Wildman–Crippen MR) is 29.0 cm³/mol. The fourth-order valence-corrected chi connectivity index (χ4v) is 0.271. The van der Waals surface area contributed by atoms with Crippen LogP contribution in [0.25, 0.3) is 0 Å². The maximum Gasteiger partial charge on any atom is 0.119 e. The summed E-state index contributed by atoms with van der Waals surface area (Å²) in [5.74, 6) is 0. The van der Waals surface area contributed by atoms with Gasteiger partial charge in [-0.05, 0) is 22.9 Å². The summed E-state index contributed by atoms with van der Waals surface area (Å²) in [5, 5.41) is 3.46. The number of nitrogens with zero attached hydrogens (tertiary/aromatic N) is 1. The molecule has 0 amide bonds. The highest BCUT2D eigenvalue weighted by Gasteiger charge is 1.72. The molecule has 0 atom stereocenters. The van der Waals surface area contributed by atoms with E-state index in [9.17, 15) is 0 Å². The molecule has 0 bridgehead atoms. The minimum Gasteiger partial charge on any atom is -0.399 e. The Labute approximate surface area is 45.3 Å². The average Bonchev–Trinajstić information content (AvgIpc) is 1.35. The molecule has 0 saturated carbocycles. The summed E-state index contributed by atoms with van der Waals surface area (Å²) in [6.45, 7) is 1.80. The summed E-state index contributed by atoms with van der Waals surface area (Å²) in [4.78, 5) is 4.34. The van der Waals surface area contributed by atoms with Crippen LogP contribution in [-0.4, -0.2) is 11.7 Å². The Bertz CT molecular complexity index is 57.8. The van der Waals surface area contributed by atoms with Crippen LogP contribution < -0.4 is 0 Å². The highest BCUT2D eigenvalue weighted by atomic mass is 79.9. The van der Waals surface area contributed by atoms with E-state index in [2.05, 4.69) is 25.9 Å². The molecule has 0 aliphatic heterocycles. The smallest absolute Gasteiger partial charge is 0.119 e. The standard InChI is InChI=1S/C3H6BrNO/c1-3(4)5-6-2/h1-2H3/b5-3+. The first kappa shape index (κ1) is 5.95. The molecule has 0 radical (unpaired) electrons. The van der Waals surface area contributed by atoms with Crippen LogP contribution in [0.3, 0.4) is 0 Å². The van der Waals surface area contributed by atoms with Crippen molar-refractivity contribution in [3.63, 3.8) is 0 Å². The second-order valence-electron chi connectivity index (χ2n) is 0.771. The Balaban J connectivity index is 3.14. The van der Waals surface area contributed by atoms with Crippen molar-refractivity contribution in [1.29, 1.82) is 0 Å². The molecule has 0 saturated heterocycles. The van der Waals surface area contributed by atoms with Gasteiger partial charge in [-0.15, -0.1) is 0 Å². The van der Waals surface area contributed by atoms with Crippen molar-refractivity contribution in [2.45, 2.75) is 6.92 Å². The van der Waals surface area contributed by atoms with E-state index in [4.69, 9.17) is 0 Å². The molecule has 0 aliphatic rings. The molecular formula is C3H6BrNO. The van der Waals surface area contributed by atoms with Crippen molar-refractivity contribution in [1.82, 2.24) is 0 Å². The van der Waals surface area contributed by atoms with Gasteiger partial charge in [-0.2, -0.15) is 0 Å². The fraction of sp³-hybridized carbons (Fsp3) is 0.667. The molecule has 0 heterocycles. The second-order valence-corrected chi connectivity index (χ2v) is 1.92. The molecule has 0 aromatic heterocycles. The minimum absolute atomic E-state index is 0.755. The van der Waals surface area contributed by atoms with Crippen molar-refractivity contribution in [2.75, 3.05) is 7.11 Å². The van der Waals surface area contributed by atoms with Crippen molar-refractivity contribution >= 4 is 20.6 Å². The lowest BCUT2D eigenvalue weighted by atomic mass is 10.9. The quantitative estimate of drug-likeness (QED) is 0.410. The lowest BCUT2D eigenvalue weighted by Crippen LogP contribution is -1.73. The second kappa shape index (κ2) is 3.15. The zero-order chi connectivity index (χ0) is 4.99. The summed E-state index contributed by atoms with van der Waals surface area (Å²) in [7, 11) is 1.50. The van der Waals surface area contributed by atoms with E-state index in [1.165, 1.54) is 7.11 Å². The third-order valence-corrected chi connectivity index (χ3v) is 0.362. The lowest BCUT2D eigenvalue weighted by molar-refractivity contribution is 0.214. The van der Waals surface area contributed by atoms with Gasteiger partial charge < -0.3 is 4.84 Å². The first-order valence-electron chi connectivity index (χ1n) is 1.50. The fourth-order valence-electron chi connectivity index (χ4n) is 0.126. The van der Waals surface area contributed by atoms with E-state index >= 15 is 0 Å². The van der Waals surface area contributed by atoms with Crippen molar-refractivity contribution in [2.24, 2.45) is 5.16 Å². The number of oxime groups is 1. The Hall–Kier alpha value is -0.0500. The van der Waals surface area contributed by atoms with Gasteiger partial charge in [-0.1, -0.05) is 5.16 Å². The van der Waals surface area contributed by atoms with Gasteiger partial charge in [0, 0.05) is 0 Å². The van der Waals surface area contributed by atoms with Crippen LogP contribution in [0.15, 0.2) is 5.16 Å². The first-order chi connectivity index (χ1) is 2.77. The molecule has 36 valence electrons. The molecule has 6 heavy (non-hydrogen) atoms. The van der Waals surface area contributed by atoms with Crippen LogP contribution >= 0.6 is 15.9 Å². The molecular weight excluding hydrogens is 146 g/mol. The van der Waals surface area contributed by atoms with Crippen LogP contribution in [0.4, 0.5) is 0 Å². The van der Waals surface area contributed by atoms with Gasteiger partial charge in [0.15, 0.2) is 0 Å². The summed E-state index contributed by atoms with van der Waals surface area (Å²) in [5.41, 5.74) is 0. The summed E-state index contributed by atoms with van der Waals surface area (Å²) in [6, 6.07) is 0. The van der Waals surface area contributed by atoms with E-state index in [-0.39, 0.29) is 0 Å². The van der Waals surface area contributed by atoms with Crippen LogP contribution in [0.5, 0.6) is 0 Å². The average molecular weight is 152 g/mol. The Morgan fingerprint density at radius 3 is 2.33 bits per heavy atom. The van der Waals surface area contributed by atoms with Crippen molar-refractivity contribution < 1.29 is 4.84 Å². The molecule has 0 fully saturated rings. The number of rotatable bonds is 1. The molecule has 0 rings (SSSR count). The summed E-state index contributed by atoms with van der Waals surface area (Å²) in [6.07, 6.45) is 0. The van der Waals surface area contributed by atoms with Crippen LogP contribution in [0.1, 0.15) is 6.92 Å². The maximum atomic E-state index is 4.34. The van der Waals surface area contributed by atoms with Gasteiger partial charge in [0.2, 0.25) is 0 Å². The van der Waals surface area contributed by atoms with Crippen LogP contribution in [0, 0.1) is 0 Å². The normalized spacial score (nSPS) is 11.5. The molecule has 0 spiro atoms. The molecule has 0 N–H and O–H groups in total. The van der Waals surface area contributed by atoms with E-state index in [0.29, 0.717) is 0 Å². The Kier molecular flexibility index (Phi) is 3.13. The molecule has 3 heteroatoms. The van der Waals surface area contributed by atoms with E-state index in [1.54, 1.807) is 6.92 Å². The molecule has 0 aromatic carbocycles. The third-order valence-electron chi connectivity index (χ3n) is 0.217. The minimum atomic E-state index is 0.755. The zero-order valence-corrected chi connectivity index (χ0v) is 5.32. The third kappa shape index (κ3) is 3.95. The van der Waals surface area contributed by atoms with Gasteiger partial charge in [0.1, 0.15) is 11.7 Å². The van der Waals surface area contributed by atoms with E-state index < -0.39 is 0 Å². The molecule has 0 aromatic rings. The number of hydrogen-bond acceptors (Lipinski definition) is 2. The van der Waals surface area contributed by atoms with Crippen molar-refractivity contribution in [3.8, 4) is 0 Å². The SMILES string of the molecule is CO/N=C(\C)Br. The van der Waals surface area contributed by atoms with Gasteiger partial charge in [0.05, 0.1) is 0 Å². The monoisotopic (exact) mass is 151 g/mol. The van der Waals surface area contributed by atoms with Gasteiger partial charge in [-0.25, -0.2) is 0 Å². The Morgan fingerprint density at radius 2 is 2.33 bits per heavy atom. The first-order valence-corrected chi connectivity index (χ1v) is 2.30. The lowest BCUT2D eigenvalue weighted by Gasteiger charge is -1.81. The van der Waals surface area contributed by atoms with Gasteiger partial charge in [-0.3, -0.25) is 0 Å². The van der Waals surface area contributed by atoms with Crippen molar-refractivity contribution in [3.05, 3.63) is 0 Å². The van der Waals surface area contributed by atoms with Crippen LogP contribution in [-0.2, 0) is 4.84 Å². The van der Waals surface area contributed by atoms with Gasteiger partial charge in [0.25, 0.3) is 0 Å². The van der Waals surface area contributed by atoms with Crippen LogP contribution in [0.2, 0.25) is 0 Å². The summed E-state index contributed by atoms with van der Waals surface area (Å²) >= 11 is 3.06. The summed E-state index contributed by atoms with van der Waals surface area (Å²) < 4.78 is 0.755. The predicted octanol–water partition coefficient (Wildman–Crippen LogP) is 1.36. The maximum absolute atomic E-state index is 4.34. The topological polar surface area (TPSA) is 21.6 Å². The Morgan fingerprint density at radius 1 is 1.83 bits per heavy atom. The number of hydrogen-bond donors (Lipinski definition) is 0. The largest absolute Gasteiger partial charge is 0.399 e. The molecule has 2 nitrogen and oxygen atoms in total. The highest BCUT2D eigenvalue weighted by Crippen LogP contribution is 1.84. The van der Waals surface area contributed by atoms with E-state index in [0.717, 1.165) is 4.62 Å². The zero-order valence-electron chi connectivity index (χ0n) is 3.73.